The number of thioether (sulfide) groups is 1. The second-order valence-electron chi connectivity index (χ2n) is 4.59. The minimum atomic E-state index is -4.67. The van der Waals surface area contributed by atoms with Crippen LogP contribution >= 0.6 is 11.8 Å². The first-order valence-corrected chi connectivity index (χ1v) is 7.27. The normalized spacial score (nSPS) is 18.7. The van der Waals surface area contributed by atoms with Gasteiger partial charge in [-0.3, -0.25) is 9.59 Å². The third-order valence-corrected chi connectivity index (χ3v) is 4.38. The van der Waals surface area contributed by atoms with Gasteiger partial charge in [0.1, 0.15) is 17.7 Å². The summed E-state index contributed by atoms with van der Waals surface area (Å²) < 4.78 is 52.6. The zero-order chi connectivity index (χ0) is 16.5. The highest BCUT2D eigenvalue weighted by Crippen LogP contribution is 2.44. The van der Waals surface area contributed by atoms with Gasteiger partial charge in [-0.05, 0) is 23.8 Å². The van der Waals surface area contributed by atoms with Crippen LogP contribution in [0.15, 0.2) is 18.2 Å². The van der Waals surface area contributed by atoms with Gasteiger partial charge in [-0.25, -0.2) is 4.39 Å². The molecule has 1 N–H and O–H groups in total. The Morgan fingerprint density at radius 3 is 2.73 bits per heavy atom. The van der Waals surface area contributed by atoms with Crippen molar-refractivity contribution in [2.24, 2.45) is 0 Å². The monoisotopic (exact) mass is 336 g/mol. The van der Waals surface area contributed by atoms with Gasteiger partial charge in [0, 0.05) is 7.05 Å². The number of benzene rings is 1. The number of alkyl halides is 3. The third kappa shape index (κ3) is 3.34. The average molecular weight is 336 g/mol. The van der Waals surface area contributed by atoms with Crippen LogP contribution in [0.2, 0.25) is 0 Å². The molecular weight excluding hydrogens is 324 g/mol. The summed E-state index contributed by atoms with van der Waals surface area (Å²) in [6, 6.07) is 2.12. The van der Waals surface area contributed by atoms with Crippen LogP contribution in [0, 0.1) is 5.82 Å². The highest BCUT2D eigenvalue weighted by atomic mass is 32.2. The first kappa shape index (κ1) is 16.6. The molecule has 1 aliphatic rings. The molecule has 0 saturated carbocycles. The largest absolute Gasteiger partial charge is 0.416 e. The second kappa shape index (κ2) is 6.15. The molecule has 2 rings (SSSR count). The first-order valence-electron chi connectivity index (χ1n) is 6.22. The Hall–Kier alpha value is -1.77. The van der Waals surface area contributed by atoms with Crippen molar-refractivity contribution >= 4 is 23.6 Å². The van der Waals surface area contributed by atoms with E-state index in [0.717, 1.165) is 28.8 Å². The van der Waals surface area contributed by atoms with Crippen molar-refractivity contribution in [2.45, 2.75) is 11.6 Å². The number of amides is 2. The molecule has 2 amide bonds. The molecule has 0 spiro atoms. The molecular formula is C13H12F4N2O2S. The Morgan fingerprint density at radius 2 is 2.14 bits per heavy atom. The summed E-state index contributed by atoms with van der Waals surface area (Å²) in [6.07, 6.45) is -4.67. The molecule has 1 aromatic rings. The summed E-state index contributed by atoms with van der Waals surface area (Å²) in [6.45, 7) is -0.374. The number of carbonyl (C=O) groups excluding carboxylic acids is 2. The van der Waals surface area contributed by atoms with Crippen LogP contribution < -0.4 is 5.32 Å². The summed E-state index contributed by atoms with van der Waals surface area (Å²) in [5, 5.41) is 1.26. The van der Waals surface area contributed by atoms with Gasteiger partial charge < -0.3 is 10.2 Å². The Morgan fingerprint density at radius 1 is 1.45 bits per heavy atom. The van der Waals surface area contributed by atoms with E-state index in [9.17, 15) is 27.2 Å². The van der Waals surface area contributed by atoms with Crippen LogP contribution in [0.1, 0.15) is 16.5 Å². The van der Waals surface area contributed by atoms with Gasteiger partial charge in [0.15, 0.2) is 0 Å². The lowest BCUT2D eigenvalue weighted by Gasteiger charge is -2.25. The van der Waals surface area contributed by atoms with E-state index in [0.29, 0.717) is 6.07 Å². The number of likely N-dealkylation sites (N-methyl/N-ethyl adjacent to an activating group) is 1. The van der Waals surface area contributed by atoms with Crippen LogP contribution in [-0.4, -0.2) is 36.1 Å². The summed E-state index contributed by atoms with van der Waals surface area (Å²) >= 11 is 0.933. The molecule has 1 atom stereocenters. The number of hydrogen-bond acceptors (Lipinski definition) is 3. The van der Waals surface area contributed by atoms with Crippen LogP contribution in [-0.2, 0) is 15.8 Å². The molecule has 4 nitrogen and oxygen atoms in total. The second-order valence-corrected chi connectivity index (χ2v) is 5.66. The molecule has 1 fully saturated rings. The van der Waals surface area contributed by atoms with Crippen LogP contribution in [0.5, 0.6) is 0 Å². The molecule has 1 heterocycles. The number of hydrogen-bond donors (Lipinski definition) is 1. The summed E-state index contributed by atoms with van der Waals surface area (Å²) in [7, 11) is 1.36. The molecule has 9 heteroatoms. The molecule has 0 radical (unpaired) electrons. The van der Waals surface area contributed by atoms with E-state index in [1.165, 1.54) is 7.05 Å². The summed E-state index contributed by atoms with van der Waals surface area (Å²) in [5.74, 6) is -1.86. The van der Waals surface area contributed by atoms with Crippen molar-refractivity contribution in [1.29, 1.82) is 0 Å². The van der Waals surface area contributed by atoms with Gasteiger partial charge in [0.2, 0.25) is 11.8 Å². The fraction of sp³-hybridized carbons (Fsp3) is 0.385. The minimum absolute atomic E-state index is 0.0600. The van der Waals surface area contributed by atoms with Crippen LogP contribution in [0.3, 0.4) is 0 Å². The van der Waals surface area contributed by atoms with Crippen LogP contribution in [0.25, 0.3) is 0 Å². The standard InChI is InChI=1S/C13H12F4N2O2S/c1-18-10(20)5-19-11(21)6-22-12(19)8-4-7(14)2-3-9(8)13(15,16)17/h2-4,12H,5-6H2,1H3,(H,18,20). The zero-order valence-corrected chi connectivity index (χ0v) is 12.2. The van der Waals surface area contributed by atoms with Gasteiger partial charge in [0.05, 0.1) is 11.3 Å². The predicted molar refractivity (Wildman–Crippen MR) is 72.4 cm³/mol. The van der Waals surface area contributed by atoms with E-state index in [4.69, 9.17) is 0 Å². The van der Waals surface area contributed by atoms with E-state index in [1.807, 2.05) is 0 Å². The Kier molecular flexibility index (Phi) is 4.64. The van der Waals surface area contributed by atoms with Crippen molar-refractivity contribution in [3.63, 3.8) is 0 Å². The van der Waals surface area contributed by atoms with Gasteiger partial charge in [-0.2, -0.15) is 13.2 Å². The first-order chi connectivity index (χ1) is 10.2. The van der Waals surface area contributed by atoms with Crippen molar-refractivity contribution < 1.29 is 27.2 Å². The Labute approximate surface area is 127 Å². The Balaban J connectivity index is 2.43. The molecule has 1 aliphatic heterocycles. The highest BCUT2D eigenvalue weighted by molar-refractivity contribution is 8.00. The van der Waals surface area contributed by atoms with Gasteiger partial charge >= 0.3 is 6.18 Å². The van der Waals surface area contributed by atoms with E-state index in [2.05, 4.69) is 5.32 Å². The zero-order valence-electron chi connectivity index (χ0n) is 11.4. The number of carbonyl (C=O) groups is 2. The van der Waals surface area contributed by atoms with Gasteiger partial charge in [-0.1, -0.05) is 0 Å². The molecule has 22 heavy (non-hydrogen) atoms. The fourth-order valence-electron chi connectivity index (χ4n) is 2.11. The molecule has 120 valence electrons. The maximum Gasteiger partial charge on any atom is 0.416 e. The van der Waals surface area contributed by atoms with E-state index >= 15 is 0 Å². The Bertz CT molecular complexity index is 606. The van der Waals surface area contributed by atoms with Crippen molar-refractivity contribution in [2.75, 3.05) is 19.3 Å². The molecule has 1 saturated heterocycles. The fourth-order valence-corrected chi connectivity index (χ4v) is 3.33. The number of rotatable bonds is 3. The molecule has 1 unspecified atom stereocenters. The highest BCUT2D eigenvalue weighted by Gasteiger charge is 2.41. The lowest BCUT2D eigenvalue weighted by atomic mass is 10.1. The van der Waals surface area contributed by atoms with Crippen molar-refractivity contribution in [1.82, 2.24) is 10.2 Å². The maximum absolute atomic E-state index is 13.4. The smallest absolute Gasteiger partial charge is 0.358 e. The number of nitrogens with zero attached hydrogens (tertiary/aromatic N) is 1. The average Bonchev–Trinajstić information content (AvgIpc) is 2.78. The van der Waals surface area contributed by atoms with E-state index in [-0.39, 0.29) is 17.9 Å². The topological polar surface area (TPSA) is 49.4 Å². The van der Waals surface area contributed by atoms with Crippen molar-refractivity contribution in [3.8, 4) is 0 Å². The van der Waals surface area contributed by atoms with E-state index in [1.54, 1.807) is 0 Å². The summed E-state index contributed by atoms with van der Waals surface area (Å²) in [5.41, 5.74) is -1.37. The molecule has 0 aromatic heterocycles. The molecule has 0 aliphatic carbocycles. The number of nitrogens with one attached hydrogen (secondary N) is 1. The SMILES string of the molecule is CNC(=O)CN1C(=O)CSC1c1cc(F)ccc1C(F)(F)F. The quantitative estimate of drug-likeness (QED) is 0.861. The number of halogens is 4. The van der Waals surface area contributed by atoms with Crippen molar-refractivity contribution in [3.05, 3.63) is 35.1 Å². The molecule has 0 bridgehead atoms. The lowest BCUT2D eigenvalue weighted by Crippen LogP contribution is -2.38. The third-order valence-electron chi connectivity index (χ3n) is 3.15. The van der Waals surface area contributed by atoms with Crippen LogP contribution in [0.4, 0.5) is 17.6 Å². The van der Waals surface area contributed by atoms with Gasteiger partial charge in [0.25, 0.3) is 0 Å². The van der Waals surface area contributed by atoms with Gasteiger partial charge in [-0.15, -0.1) is 11.8 Å². The predicted octanol–water partition coefficient (Wildman–Crippen LogP) is 2.16. The molecule has 1 aromatic carbocycles. The minimum Gasteiger partial charge on any atom is -0.358 e. The summed E-state index contributed by atoms with van der Waals surface area (Å²) in [4.78, 5) is 24.3. The lowest BCUT2D eigenvalue weighted by molar-refractivity contribution is -0.139. The van der Waals surface area contributed by atoms with E-state index < -0.39 is 34.7 Å². The maximum atomic E-state index is 13.4.